The number of thioether (sulfide) groups is 2. The third kappa shape index (κ3) is 2.97. The van der Waals surface area contributed by atoms with Crippen molar-refractivity contribution in [1.82, 2.24) is 0 Å². The summed E-state index contributed by atoms with van der Waals surface area (Å²) in [4.78, 5) is 10.9. The van der Waals surface area contributed by atoms with Crippen LogP contribution in [0.5, 0.6) is 0 Å². The van der Waals surface area contributed by atoms with E-state index in [2.05, 4.69) is 6.92 Å². The van der Waals surface area contributed by atoms with Gasteiger partial charge in [-0.1, -0.05) is 6.92 Å². The zero-order chi connectivity index (χ0) is 8.15. The number of carbonyl (C=O) groups is 1. The van der Waals surface area contributed by atoms with E-state index in [-0.39, 0.29) is 11.0 Å². The molecule has 0 aliphatic heterocycles. The van der Waals surface area contributed by atoms with Crippen molar-refractivity contribution >= 4 is 29.3 Å². The van der Waals surface area contributed by atoms with E-state index in [4.69, 9.17) is 0 Å². The predicted octanol–water partition coefficient (Wildman–Crippen LogP) is 2.06. The Morgan fingerprint density at radius 2 is 1.80 bits per heavy atom. The van der Waals surface area contributed by atoms with Crippen molar-refractivity contribution in [2.45, 2.75) is 24.3 Å². The molecule has 3 heteroatoms. The molecule has 1 nitrogen and oxygen atoms in total. The molecular weight excluding hydrogens is 164 g/mol. The van der Waals surface area contributed by atoms with Gasteiger partial charge in [-0.3, -0.25) is 4.79 Å². The maximum absolute atomic E-state index is 10.9. The standard InChI is InChI=1S/C7H14OS2/c1-5(8)7(10-4)6(2)9-3/h6-7H,1-4H3. The molecule has 0 saturated carbocycles. The minimum Gasteiger partial charge on any atom is -0.299 e. The highest BCUT2D eigenvalue weighted by atomic mass is 32.2. The maximum Gasteiger partial charge on any atom is 0.143 e. The van der Waals surface area contributed by atoms with Crippen LogP contribution in [0.2, 0.25) is 0 Å². The van der Waals surface area contributed by atoms with E-state index in [9.17, 15) is 4.79 Å². The van der Waals surface area contributed by atoms with E-state index in [0.717, 1.165) is 0 Å². The summed E-state index contributed by atoms with van der Waals surface area (Å²) >= 11 is 3.38. The van der Waals surface area contributed by atoms with Gasteiger partial charge in [0.15, 0.2) is 0 Å². The second-order valence-electron chi connectivity index (χ2n) is 2.21. The van der Waals surface area contributed by atoms with Crippen LogP contribution in [0.4, 0.5) is 0 Å². The van der Waals surface area contributed by atoms with Crippen LogP contribution in [0, 0.1) is 0 Å². The van der Waals surface area contributed by atoms with Crippen molar-refractivity contribution < 1.29 is 4.79 Å². The maximum atomic E-state index is 10.9. The average molecular weight is 178 g/mol. The fourth-order valence-electron chi connectivity index (χ4n) is 0.812. The van der Waals surface area contributed by atoms with Crippen molar-refractivity contribution in [2.24, 2.45) is 0 Å². The molecule has 2 atom stereocenters. The van der Waals surface area contributed by atoms with Gasteiger partial charge in [-0.05, 0) is 19.4 Å². The Labute approximate surface area is 71.3 Å². The number of Topliss-reactive ketones (excluding diaryl/α,β-unsaturated/α-hetero) is 1. The van der Waals surface area contributed by atoms with Crippen molar-refractivity contribution in [3.05, 3.63) is 0 Å². The fraction of sp³-hybridized carbons (Fsp3) is 0.857. The fourth-order valence-corrected chi connectivity index (χ4v) is 2.63. The van der Waals surface area contributed by atoms with Crippen LogP contribution in [-0.4, -0.2) is 28.8 Å². The van der Waals surface area contributed by atoms with Crippen molar-refractivity contribution in [1.29, 1.82) is 0 Å². The molecule has 0 radical (unpaired) electrons. The lowest BCUT2D eigenvalue weighted by Gasteiger charge is -2.16. The van der Waals surface area contributed by atoms with Gasteiger partial charge in [-0.2, -0.15) is 23.5 Å². The molecule has 0 aliphatic carbocycles. The Balaban J connectivity index is 3.92. The molecule has 0 spiro atoms. The Hall–Kier alpha value is 0.370. The average Bonchev–Trinajstić information content (AvgIpc) is 1.88. The molecule has 0 amide bonds. The van der Waals surface area contributed by atoms with Crippen molar-refractivity contribution in [2.75, 3.05) is 12.5 Å². The second-order valence-corrected chi connectivity index (χ2v) is 4.40. The molecule has 0 aromatic heterocycles. The van der Waals surface area contributed by atoms with Crippen LogP contribution in [0.25, 0.3) is 0 Å². The van der Waals surface area contributed by atoms with Gasteiger partial charge in [0, 0.05) is 5.25 Å². The van der Waals surface area contributed by atoms with E-state index >= 15 is 0 Å². The lowest BCUT2D eigenvalue weighted by Crippen LogP contribution is -2.23. The van der Waals surface area contributed by atoms with Crippen LogP contribution in [0.15, 0.2) is 0 Å². The van der Waals surface area contributed by atoms with Crippen LogP contribution >= 0.6 is 23.5 Å². The predicted molar refractivity (Wildman–Crippen MR) is 51.0 cm³/mol. The summed E-state index contributed by atoms with van der Waals surface area (Å²) in [6.07, 6.45) is 4.02. The van der Waals surface area contributed by atoms with Gasteiger partial charge in [0.1, 0.15) is 5.78 Å². The molecule has 0 fully saturated rings. The highest BCUT2D eigenvalue weighted by Crippen LogP contribution is 2.21. The SMILES string of the molecule is CSC(C)C(SC)C(C)=O. The van der Waals surface area contributed by atoms with E-state index in [1.807, 2.05) is 12.5 Å². The first-order valence-corrected chi connectivity index (χ1v) is 5.77. The number of rotatable bonds is 4. The van der Waals surface area contributed by atoms with Crippen LogP contribution in [-0.2, 0) is 4.79 Å². The topological polar surface area (TPSA) is 17.1 Å². The number of hydrogen-bond acceptors (Lipinski definition) is 3. The van der Waals surface area contributed by atoms with Gasteiger partial charge in [-0.25, -0.2) is 0 Å². The first-order valence-electron chi connectivity index (χ1n) is 3.19. The van der Waals surface area contributed by atoms with Gasteiger partial charge in [0.25, 0.3) is 0 Å². The van der Waals surface area contributed by atoms with E-state index < -0.39 is 0 Å². The van der Waals surface area contributed by atoms with Crippen molar-refractivity contribution in [3.63, 3.8) is 0 Å². The summed E-state index contributed by atoms with van der Waals surface area (Å²) in [6, 6.07) is 0. The van der Waals surface area contributed by atoms with Gasteiger partial charge < -0.3 is 0 Å². The van der Waals surface area contributed by atoms with E-state index in [0.29, 0.717) is 5.25 Å². The first kappa shape index (κ1) is 10.4. The van der Waals surface area contributed by atoms with Crippen LogP contribution < -0.4 is 0 Å². The number of hydrogen-bond donors (Lipinski definition) is 0. The molecule has 0 heterocycles. The van der Waals surface area contributed by atoms with Crippen LogP contribution in [0.1, 0.15) is 13.8 Å². The second kappa shape index (κ2) is 5.08. The van der Waals surface area contributed by atoms with Gasteiger partial charge >= 0.3 is 0 Å². The normalized spacial score (nSPS) is 16.4. The molecule has 60 valence electrons. The summed E-state index contributed by atoms with van der Waals surface area (Å²) in [6.45, 7) is 3.75. The smallest absolute Gasteiger partial charge is 0.143 e. The Morgan fingerprint density at radius 1 is 1.30 bits per heavy atom. The third-order valence-corrected chi connectivity index (χ3v) is 3.89. The summed E-state index contributed by atoms with van der Waals surface area (Å²) < 4.78 is 0. The molecule has 0 rings (SSSR count). The molecule has 2 unspecified atom stereocenters. The van der Waals surface area contributed by atoms with Crippen molar-refractivity contribution in [3.8, 4) is 0 Å². The lowest BCUT2D eigenvalue weighted by atomic mass is 10.2. The highest BCUT2D eigenvalue weighted by Gasteiger charge is 2.18. The Kier molecular flexibility index (Phi) is 5.27. The van der Waals surface area contributed by atoms with E-state index in [1.165, 1.54) is 0 Å². The third-order valence-electron chi connectivity index (χ3n) is 1.45. The molecule has 0 bridgehead atoms. The lowest BCUT2D eigenvalue weighted by molar-refractivity contribution is -0.116. The quantitative estimate of drug-likeness (QED) is 0.656. The summed E-state index contributed by atoms with van der Waals surface area (Å²) in [5.74, 6) is 0.286. The van der Waals surface area contributed by atoms with Gasteiger partial charge in [-0.15, -0.1) is 0 Å². The minimum atomic E-state index is 0.176. The molecular formula is C7H14OS2. The molecule has 0 aromatic rings. The zero-order valence-electron chi connectivity index (χ0n) is 6.88. The molecule has 10 heavy (non-hydrogen) atoms. The summed E-state index contributed by atoms with van der Waals surface area (Å²) in [7, 11) is 0. The molecule has 0 saturated heterocycles. The first-order chi connectivity index (χ1) is 4.63. The number of ketones is 1. The number of carbonyl (C=O) groups excluding carboxylic acids is 1. The molecule has 0 aromatic carbocycles. The minimum absolute atomic E-state index is 0.176. The molecule has 0 aliphatic rings. The zero-order valence-corrected chi connectivity index (χ0v) is 8.51. The summed E-state index contributed by atoms with van der Waals surface area (Å²) in [5.41, 5.74) is 0. The van der Waals surface area contributed by atoms with Crippen LogP contribution in [0.3, 0.4) is 0 Å². The Morgan fingerprint density at radius 3 is 1.90 bits per heavy atom. The largest absolute Gasteiger partial charge is 0.299 e. The molecule has 0 N–H and O–H groups in total. The van der Waals surface area contributed by atoms with E-state index in [1.54, 1.807) is 30.4 Å². The van der Waals surface area contributed by atoms with Gasteiger partial charge in [0.2, 0.25) is 0 Å². The monoisotopic (exact) mass is 178 g/mol. The summed E-state index contributed by atoms with van der Waals surface area (Å²) in [5, 5.41) is 0.613. The van der Waals surface area contributed by atoms with Gasteiger partial charge in [0.05, 0.1) is 5.25 Å². The highest BCUT2D eigenvalue weighted by molar-refractivity contribution is 8.03. The Bertz CT molecular complexity index is 114.